The molecule has 16 heavy (non-hydrogen) atoms. The third kappa shape index (κ3) is 2.93. The van der Waals surface area contributed by atoms with E-state index < -0.39 is 27.6 Å². The van der Waals surface area contributed by atoms with Gasteiger partial charge >= 0.3 is 5.97 Å². The van der Waals surface area contributed by atoms with Gasteiger partial charge in [0, 0.05) is 0 Å². The molecule has 5 nitrogen and oxygen atoms in total. The molecule has 7 heteroatoms. The van der Waals surface area contributed by atoms with Crippen LogP contribution in [-0.4, -0.2) is 21.2 Å². The maximum Gasteiger partial charge on any atom is 0.316 e. The molecule has 0 bridgehead atoms. The molecule has 1 unspecified atom stereocenters. The Morgan fingerprint density at radius 3 is 2.75 bits per heavy atom. The fraction of sp³-hybridized carbons (Fsp3) is 0.222. The number of halogens is 1. The predicted molar refractivity (Wildman–Crippen MR) is 56.0 cm³/mol. The van der Waals surface area contributed by atoms with Crippen molar-refractivity contribution in [2.24, 2.45) is 0 Å². The van der Waals surface area contributed by atoms with Crippen molar-refractivity contribution in [1.82, 2.24) is 0 Å². The molecular weight excluding hydrogens is 237 g/mol. The molecule has 86 valence electrons. The summed E-state index contributed by atoms with van der Waals surface area (Å²) in [4.78, 5) is 20.6. The fourth-order valence-electron chi connectivity index (χ4n) is 0.974. The third-order valence-electron chi connectivity index (χ3n) is 1.77. The lowest BCUT2D eigenvalue weighted by Gasteiger charge is -2.06. The molecule has 1 aromatic carbocycles. The van der Waals surface area contributed by atoms with E-state index in [-0.39, 0.29) is 4.90 Å². The number of benzene rings is 1. The molecule has 0 amide bonds. The summed E-state index contributed by atoms with van der Waals surface area (Å²) >= 11 is 0.807. The molecule has 0 spiro atoms. The number of rotatable bonds is 4. The van der Waals surface area contributed by atoms with Crippen LogP contribution in [0.2, 0.25) is 0 Å². The number of thioether (sulfide) groups is 1. The van der Waals surface area contributed by atoms with Crippen molar-refractivity contribution in [1.29, 1.82) is 0 Å². The Bertz CT molecular complexity index is 438. The Morgan fingerprint density at radius 1 is 1.62 bits per heavy atom. The van der Waals surface area contributed by atoms with Crippen LogP contribution in [0.1, 0.15) is 6.92 Å². The van der Waals surface area contributed by atoms with Crippen molar-refractivity contribution in [3.8, 4) is 0 Å². The molecule has 1 rings (SSSR count). The van der Waals surface area contributed by atoms with Crippen LogP contribution < -0.4 is 0 Å². The number of nitro benzene ring substituents is 1. The summed E-state index contributed by atoms with van der Waals surface area (Å²) in [6, 6.07) is 3.04. The summed E-state index contributed by atoms with van der Waals surface area (Å²) in [6.45, 7) is 1.40. The molecule has 0 saturated carbocycles. The van der Waals surface area contributed by atoms with Gasteiger partial charge in [0.2, 0.25) is 0 Å². The quantitative estimate of drug-likeness (QED) is 0.500. The Kier molecular flexibility index (Phi) is 3.83. The molecule has 0 fully saturated rings. The second kappa shape index (κ2) is 4.93. The second-order valence-corrected chi connectivity index (χ2v) is 4.35. The van der Waals surface area contributed by atoms with Crippen molar-refractivity contribution in [2.75, 3.05) is 0 Å². The monoisotopic (exact) mass is 245 g/mol. The van der Waals surface area contributed by atoms with Crippen LogP contribution >= 0.6 is 11.8 Å². The van der Waals surface area contributed by atoms with E-state index in [4.69, 9.17) is 5.11 Å². The molecule has 0 heterocycles. The zero-order valence-corrected chi connectivity index (χ0v) is 9.03. The maximum atomic E-state index is 12.8. The summed E-state index contributed by atoms with van der Waals surface area (Å²) in [5.74, 6) is -1.80. The maximum absolute atomic E-state index is 12.8. The molecule has 0 aliphatic carbocycles. The zero-order valence-electron chi connectivity index (χ0n) is 8.21. The van der Waals surface area contributed by atoms with Gasteiger partial charge in [0.25, 0.3) is 5.69 Å². The molecule has 1 N–H and O–H groups in total. The number of aliphatic carboxylic acids is 1. The summed E-state index contributed by atoms with van der Waals surface area (Å²) in [5.41, 5.74) is -0.418. The van der Waals surface area contributed by atoms with Gasteiger partial charge in [-0.25, -0.2) is 4.39 Å². The topological polar surface area (TPSA) is 80.4 Å². The van der Waals surface area contributed by atoms with E-state index in [1.165, 1.54) is 13.0 Å². The van der Waals surface area contributed by atoms with Gasteiger partial charge in [-0.15, -0.1) is 11.8 Å². The summed E-state index contributed by atoms with van der Waals surface area (Å²) in [5, 5.41) is 18.4. The molecule has 0 aliphatic rings. The smallest absolute Gasteiger partial charge is 0.316 e. The first kappa shape index (κ1) is 12.4. The van der Waals surface area contributed by atoms with Gasteiger partial charge in [0.05, 0.1) is 15.9 Å². The van der Waals surface area contributed by atoms with Gasteiger partial charge in [-0.1, -0.05) is 0 Å². The number of nitro groups is 1. The van der Waals surface area contributed by atoms with Crippen LogP contribution in [0.4, 0.5) is 10.1 Å². The first-order valence-corrected chi connectivity index (χ1v) is 5.13. The first-order valence-electron chi connectivity index (χ1n) is 4.25. The normalized spacial score (nSPS) is 12.1. The zero-order chi connectivity index (χ0) is 12.3. The molecule has 1 atom stereocenters. The number of hydrogen-bond donors (Lipinski definition) is 1. The summed E-state index contributed by atoms with van der Waals surface area (Å²) < 4.78 is 12.8. The lowest BCUT2D eigenvalue weighted by Crippen LogP contribution is -2.11. The van der Waals surface area contributed by atoms with Crippen LogP contribution in [0.3, 0.4) is 0 Å². The van der Waals surface area contributed by atoms with E-state index in [0.29, 0.717) is 0 Å². The minimum absolute atomic E-state index is 0.140. The first-order chi connectivity index (χ1) is 7.41. The fourth-order valence-corrected chi connectivity index (χ4v) is 1.86. The number of carboxylic acid groups (broad SMARTS) is 1. The Hall–Kier alpha value is -1.63. The highest BCUT2D eigenvalue weighted by molar-refractivity contribution is 8.00. The molecule has 0 aromatic heterocycles. The van der Waals surface area contributed by atoms with E-state index in [9.17, 15) is 19.3 Å². The van der Waals surface area contributed by atoms with Crippen LogP contribution in [-0.2, 0) is 4.79 Å². The van der Waals surface area contributed by atoms with Crippen LogP contribution in [0.5, 0.6) is 0 Å². The highest BCUT2D eigenvalue weighted by atomic mass is 32.2. The van der Waals surface area contributed by atoms with E-state index >= 15 is 0 Å². The van der Waals surface area contributed by atoms with Crippen LogP contribution in [0.25, 0.3) is 0 Å². The lowest BCUT2D eigenvalue weighted by atomic mass is 10.3. The molecule has 0 aliphatic heterocycles. The highest BCUT2D eigenvalue weighted by Crippen LogP contribution is 2.32. The van der Waals surface area contributed by atoms with Crippen LogP contribution in [0.15, 0.2) is 23.1 Å². The van der Waals surface area contributed by atoms with Crippen molar-refractivity contribution in [2.45, 2.75) is 17.1 Å². The minimum atomic E-state index is -1.08. The second-order valence-electron chi connectivity index (χ2n) is 2.97. The summed E-state index contributed by atoms with van der Waals surface area (Å²) in [6.07, 6.45) is 0. The number of carboxylic acids is 1. The average molecular weight is 245 g/mol. The van der Waals surface area contributed by atoms with E-state index in [2.05, 4.69) is 0 Å². The van der Waals surface area contributed by atoms with Gasteiger partial charge in [0.15, 0.2) is 0 Å². The van der Waals surface area contributed by atoms with E-state index in [0.717, 1.165) is 23.9 Å². The third-order valence-corrected chi connectivity index (χ3v) is 2.92. The van der Waals surface area contributed by atoms with Crippen molar-refractivity contribution >= 4 is 23.4 Å². The van der Waals surface area contributed by atoms with Crippen molar-refractivity contribution < 1.29 is 19.2 Å². The largest absolute Gasteiger partial charge is 0.480 e. The Balaban J connectivity index is 3.04. The van der Waals surface area contributed by atoms with Crippen molar-refractivity contribution in [3.63, 3.8) is 0 Å². The van der Waals surface area contributed by atoms with E-state index in [1.54, 1.807) is 0 Å². The number of hydrogen-bond acceptors (Lipinski definition) is 4. The average Bonchev–Trinajstić information content (AvgIpc) is 2.20. The molecular formula is C9H8FNO4S. The molecule has 0 radical (unpaired) electrons. The lowest BCUT2D eigenvalue weighted by molar-refractivity contribution is -0.387. The van der Waals surface area contributed by atoms with Gasteiger partial charge < -0.3 is 5.11 Å². The van der Waals surface area contributed by atoms with Gasteiger partial charge in [-0.05, 0) is 19.1 Å². The number of nitrogens with zero attached hydrogens (tertiary/aromatic N) is 1. The number of carbonyl (C=O) groups is 1. The molecule has 1 aromatic rings. The van der Waals surface area contributed by atoms with E-state index in [1.807, 2.05) is 0 Å². The Labute approximate surface area is 94.4 Å². The van der Waals surface area contributed by atoms with Crippen LogP contribution in [0, 0.1) is 15.9 Å². The minimum Gasteiger partial charge on any atom is -0.480 e. The SMILES string of the molecule is CC(Sc1ccc(F)cc1[N+](=O)[O-])C(=O)O. The standard InChI is InChI=1S/C9H8FNO4S/c1-5(9(12)13)16-8-3-2-6(10)4-7(8)11(14)15/h2-5H,1H3,(H,12,13). The van der Waals surface area contributed by atoms with Gasteiger partial charge in [0.1, 0.15) is 11.1 Å². The molecule has 0 saturated heterocycles. The highest BCUT2D eigenvalue weighted by Gasteiger charge is 2.20. The summed E-state index contributed by atoms with van der Waals surface area (Å²) in [7, 11) is 0. The predicted octanol–water partition coefficient (Wildman–Crippen LogP) is 2.30. The van der Waals surface area contributed by atoms with Gasteiger partial charge in [-0.3, -0.25) is 14.9 Å². The van der Waals surface area contributed by atoms with Crippen molar-refractivity contribution in [3.05, 3.63) is 34.1 Å². The Morgan fingerprint density at radius 2 is 2.25 bits per heavy atom. The van der Waals surface area contributed by atoms with Gasteiger partial charge in [-0.2, -0.15) is 0 Å².